The number of nitrogens with one attached hydrogen (secondary N) is 2. The second-order valence-electron chi connectivity index (χ2n) is 24.4. The third-order valence-electron chi connectivity index (χ3n) is 15.7. The Morgan fingerprint density at radius 3 is 2.14 bits per heavy atom. The zero-order valence-corrected chi connectivity index (χ0v) is 48.8. The van der Waals surface area contributed by atoms with E-state index in [0.29, 0.717) is 11.8 Å². The monoisotopic (exact) mass is 1010 g/mol. The van der Waals surface area contributed by atoms with E-state index in [1.54, 1.807) is 0 Å². The Morgan fingerprint density at radius 2 is 1.51 bits per heavy atom. The number of hydrogen-bond acceptors (Lipinski definition) is 4. The maximum absolute atomic E-state index is 4.45. The minimum atomic E-state index is -0.122. The molecular formula is C69H92BN3S. The fraction of sp³-hybridized carbons (Fsp3) is 0.420. The van der Waals surface area contributed by atoms with Gasteiger partial charge in [-0.3, -0.25) is 0 Å². The van der Waals surface area contributed by atoms with Crippen LogP contribution < -0.4 is 25.8 Å². The highest BCUT2D eigenvalue weighted by Gasteiger charge is 2.38. The van der Waals surface area contributed by atoms with E-state index in [1.807, 2.05) is 23.5 Å². The molecule has 2 N–H and O–H groups in total. The summed E-state index contributed by atoms with van der Waals surface area (Å²) in [4.78, 5) is 2.37. The van der Waals surface area contributed by atoms with E-state index in [4.69, 9.17) is 0 Å². The molecule has 3 aliphatic rings. The summed E-state index contributed by atoms with van der Waals surface area (Å²) < 4.78 is 2.67. The molecule has 0 spiro atoms. The van der Waals surface area contributed by atoms with Crippen molar-refractivity contribution in [1.29, 1.82) is 0 Å². The fourth-order valence-electron chi connectivity index (χ4n) is 10.8. The number of anilines is 3. The predicted molar refractivity (Wildman–Crippen MR) is 335 cm³/mol. The molecule has 0 fully saturated rings. The summed E-state index contributed by atoms with van der Waals surface area (Å²) in [5.74, 6) is 0.864. The van der Waals surface area contributed by atoms with Crippen molar-refractivity contribution < 1.29 is 0 Å². The molecule has 0 aliphatic heterocycles. The Kier molecular flexibility index (Phi) is 19.8. The zero-order valence-electron chi connectivity index (χ0n) is 48.0. The molecular weight excluding hydrogens is 914 g/mol. The first kappa shape index (κ1) is 57.8. The molecule has 2 unspecified atom stereocenters. The number of thiophene rings is 1. The summed E-state index contributed by atoms with van der Waals surface area (Å²) in [6.07, 6.45) is 51.8. The Morgan fingerprint density at radius 1 is 0.811 bits per heavy atom. The lowest BCUT2D eigenvalue weighted by atomic mass is 9.38. The van der Waals surface area contributed by atoms with Crippen LogP contribution in [0.3, 0.4) is 0 Å². The number of hydrogen-bond donors (Lipinski definition) is 2. The molecule has 6 rings (SSSR count). The second-order valence-corrected chi connectivity index (χ2v) is 25.5. The number of rotatable bonds is 20. The minimum Gasteiger partial charge on any atom is -0.379 e. The molecule has 0 saturated carbocycles. The number of nitrogens with zero attached hydrogens (tertiary/aromatic N) is 1. The van der Waals surface area contributed by atoms with Crippen LogP contribution in [0.15, 0.2) is 188 Å². The number of benzene rings is 2. The van der Waals surface area contributed by atoms with Crippen molar-refractivity contribution in [2.24, 2.45) is 22.7 Å². The summed E-state index contributed by atoms with van der Waals surface area (Å²) in [7, 11) is 0. The van der Waals surface area contributed by atoms with Crippen LogP contribution in [0.5, 0.6) is 0 Å². The van der Waals surface area contributed by atoms with Gasteiger partial charge in [0.15, 0.2) is 0 Å². The van der Waals surface area contributed by atoms with Gasteiger partial charge < -0.3 is 15.5 Å². The van der Waals surface area contributed by atoms with Gasteiger partial charge in [0.2, 0.25) is 0 Å². The van der Waals surface area contributed by atoms with Gasteiger partial charge in [0.1, 0.15) is 0 Å². The SMILES string of the molecule is C=C/C=C(\C=C)N(C1=CCC(C/C=C\C=C/C)C=C1)c1cc(NC2=C/CC(C)(C)CCC(C)(C)C/C=C\2)c(B(C(/C=C\C)=C/C)c2cc3cc4c(cc3s2)C(C)(C)CCC4(C)C)c(NC(C=C)C/C=C/C(C)C)c1. The van der Waals surface area contributed by atoms with E-state index < -0.39 is 0 Å². The molecule has 0 radical (unpaired) electrons. The topological polar surface area (TPSA) is 27.3 Å². The van der Waals surface area contributed by atoms with Gasteiger partial charge >= 0.3 is 0 Å². The maximum Gasteiger partial charge on any atom is 0.258 e. The zero-order chi connectivity index (χ0) is 53.8. The molecule has 0 bridgehead atoms. The van der Waals surface area contributed by atoms with Gasteiger partial charge in [-0.15, -0.1) is 17.9 Å². The molecule has 3 aliphatic carbocycles. The fourth-order valence-corrected chi connectivity index (χ4v) is 12.1. The van der Waals surface area contributed by atoms with Crippen molar-refractivity contribution in [2.45, 2.75) is 165 Å². The van der Waals surface area contributed by atoms with Crippen LogP contribution in [-0.2, 0) is 10.8 Å². The van der Waals surface area contributed by atoms with Gasteiger partial charge in [0.05, 0.1) is 5.69 Å². The van der Waals surface area contributed by atoms with Crippen molar-refractivity contribution in [1.82, 2.24) is 0 Å². The average Bonchev–Trinajstić information content (AvgIpc) is 3.78. The highest BCUT2D eigenvalue weighted by Crippen LogP contribution is 2.48. The normalized spacial score (nSPS) is 21.4. The van der Waals surface area contributed by atoms with Crippen molar-refractivity contribution in [3.63, 3.8) is 0 Å². The van der Waals surface area contributed by atoms with Crippen LogP contribution in [0.25, 0.3) is 10.1 Å². The van der Waals surface area contributed by atoms with E-state index in [-0.39, 0.29) is 34.4 Å². The summed E-state index contributed by atoms with van der Waals surface area (Å²) in [5, 5.41) is 9.72. The van der Waals surface area contributed by atoms with Crippen LogP contribution in [0, 0.1) is 22.7 Å². The van der Waals surface area contributed by atoms with Gasteiger partial charge in [-0.2, -0.15) is 0 Å². The third kappa shape index (κ3) is 14.7. The summed E-state index contributed by atoms with van der Waals surface area (Å²) in [5.41, 5.74) is 12.3. The van der Waals surface area contributed by atoms with Gasteiger partial charge in [-0.1, -0.05) is 179 Å². The molecule has 5 heteroatoms. The smallest absolute Gasteiger partial charge is 0.258 e. The third-order valence-corrected chi connectivity index (χ3v) is 16.9. The Balaban J connectivity index is 1.71. The standard InChI is InChI=1S/C69H92BN3S/c1-17-23-24-25-31-51-34-36-57(37-35-51)73(56(22-6)29-19-3)58-47-61(71-54(21-5)32-26-30-50(7)8)65(62(48-58)72-55-33-27-39-66(9,10)41-42-67(11,12)40-38-55)70(53(20-4)28-18-2)64-46-52-45-59-60(49-63(52)74-64)69(15,16)44-43-68(59,13)14/h17-30,33-34,36-38,45-51,54,71-72H,3,5-6,31-32,35,39-44H2,1-2,4,7-16H3/b23-17-,25-24-,28-18-,30-26+,33-27-,53-20+,55-38+,56-29+. The van der Waals surface area contributed by atoms with Gasteiger partial charge in [-0.25, -0.2) is 0 Å². The Labute approximate surface area is 455 Å². The number of allylic oxidation sites excluding steroid dienone is 18. The van der Waals surface area contributed by atoms with Gasteiger partial charge in [0.25, 0.3) is 6.71 Å². The van der Waals surface area contributed by atoms with E-state index in [1.165, 1.54) is 62.6 Å². The molecule has 0 saturated heterocycles. The molecule has 74 heavy (non-hydrogen) atoms. The van der Waals surface area contributed by atoms with E-state index >= 15 is 0 Å². The van der Waals surface area contributed by atoms with Crippen molar-refractivity contribution in [3.8, 4) is 0 Å². The van der Waals surface area contributed by atoms with Crippen LogP contribution in [0.4, 0.5) is 17.1 Å². The van der Waals surface area contributed by atoms with E-state index in [9.17, 15) is 0 Å². The van der Waals surface area contributed by atoms with Gasteiger partial charge in [-0.05, 0) is 193 Å². The van der Waals surface area contributed by atoms with Crippen LogP contribution in [0.2, 0.25) is 0 Å². The van der Waals surface area contributed by atoms with Gasteiger partial charge in [0, 0.05) is 39.2 Å². The van der Waals surface area contributed by atoms with Crippen molar-refractivity contribution >= 4 is 55.4 Å². The van der Waals surface area contributed by atoms with Crippen LogP contribution >= 0.6 is 11.3 Å². The summed E-state index contributed by atoms with van der Waals surface area (Å²) >= 11 is 1.96. The van der Waals surface area contributed by atoms with Crippen LogP contribution in [0.1, 0.15) is 159 Å². The molecule has 1 heterocycles. The molecule has 1 aromatic heterocycles. The highest BCUT2D eigenvalue weighted by molar-refractivity contribution is 7.31. The van der Waals surface area contributed by atoms with Crippen molar-refractivity contribution in [3.05, 3.63) is 199 Å². The minimum absolute atomic E-state index is 0.0427. The molecule has 0 amide bonds. The molecule has 2 aromatic carbocycles. The summed E-state index contributed by atoms with van der Waals surface area (Å²) in [6, 6.07) is 12.3. The predicted octanol–water partition coefficient (Wildman–Crippen LogP) is 19.0. The lowest BCUT2D eigenvalue weighted by molar-refractivity contribution is 0.241. The molecule has 3 aromatic rings. The average molecular weight is 1010 g/mol. The van der Waals surface area contributed by atoms with E-state index in [0.717, 1.165) is 66.3 Å². The molecule has 3 nitrogen and oxygen atoms in total. The Hall–Kier alpha value is -5.52. The first-order valence-corrected chi connectivity index (χ1v) is 28.7. The lowest BCUT2D eigenvalue weighted by Crippen LogP contribution is -2.45. The summed E-state index contributed by atoms with van der Waals surface area (Å²) in [6.45, 7) is 43.3. The first-order chi connectivity index (χ1) is 35.2. The molecule has 2 atom stereocenters. The quantitative estimate of drug-likeness (QED) is 0.0671. The molecule has 392 valence electrons. The number of fused-ring (bicyclic) bond motifs is 2. The van der Waals surface area contributed by atoms with Crippen LogP contribution in [-0.4, -0.2) is 12.8 Å². The second kappa shape index (κ2) is 25.3. The first-order valence-electron chi connectivity index (χ1n) is 27.8. The highest BCUT2D eigenvalue weighted by atomic mass is 32.1. The maximum atomic E-state index is 4.45. The lowest BCUT2D eigenvalue weighted by Gasteiger charge is -2.41. The largest absolute Gasteiger partial charge is 0.379 e. The Bertz CT molecular complexity index is 2740. The van der Waals surface area contributed by atoms with Crippen molar-refractivity contribution in [2.75, 3.05) is 15.5 Å². The van der Waals surface area contributed by atoms with E-state index in [2.05, 4.69) is 259 Å².